The van der Waals surface area contributed by atoms with E-state index < -0.39 is 5.97 Å². The summed E-state index contributed by atoms with van der Waals surface area (Å²) in [4.78, 5) is 13.3. The predicted molar refractivity (Wildman–Crippen MR) is 66.8 cm³/mol. The Hall–Kier alpha value is -1.35. The van der Waals surface area contributed by atoms with Crippen molar-refractivity contribution in [2.45, 2.75) is 26.3 Å². The monoisotopic (exact) mass is 233 g/mol. The zero-order valence-electron chi connectivity index (χ0n) is 10.2. The van der Waals surface area contributed by atoms with Crippen molar-refractivity contribution >= 4 is 5.97 Å². The third-order valence-corrected chi connectivity index (χ3v) is 3.53. The first-order valence-corrected chi connectivity index (χ1v) is 6.22. The van der Waals surface area contributed by atoms with Crippen LogP contribution < -0.4 is 0 Å². The van der Waals surface area contributed by atoms with E-state index in [9.17, 15) is 4.79 Å². The number of hydrogen-bond acceptors (Lipinski definition) is 2. The molecule has 3 nitrogen and oxygen atoms in total. The summed E-state index contributed by atoms with van der Waals surface area (Å²) in [6, 6.07) is 8.43. The number of fused-ring (bicyclic) bond motifs is 1. The second-order valence-electron chi connectivity index (χ2n) is 4.70. The zero-order valence-corrected chi connectivity index (χ0v) is 10.2. The number of rotatable bonds is 4. The molecule has 0 bridgehead atoms. The molecular weight excluding hydrogens is 214 g/mol. The van der Waals surface area contributed by atoms with Gasteiger partial charge in [0.1, 0.15) is 0 Å². The van der Waals surface area contributed by atoms with Gasteiger partial charge in [0.15, 0.2) is 0 Å². The third-order valence-electron chi connectivity index (χ3n) is 3.53. The lowest BCUT2D eigenvalue weighted by Crippen LogP contribution is -2.36. The van der Waals surface area contributed by atoms with Crippen molar-refractivity contribution in [3.05, 3.63) is 35.4 Å². The molecule has 1 aliphatic rings. The maximum Gasteiger partial charge on any atom is 0.307 e. The largest absolute Gasteiger partial charge is 0.481 e. The predicted octanol–water partition coefficient (Wildman–Crippen LogP) is 2.16. The van der Waals surface area contributed by atoms with Crippen molar-refractivity contribution < 1.29 is 9.90 Å². The molecule has 0 aromatic heterocycles. The van der Waals surface area contributed by atoms with Crippen molar-refractivity contribution in [2.75, 3.05) is 13.1 Å². The number of carbonyl (C=O) groups is 1. The molecule has 3 heteroatoms. The van der Waals surface area contributed by atoms with E-state index in [1.165, 1.54) is 11.1 Å². The molecule has 1 aromatic rings. The standard InChI is InChI=1S/C14H19NO2/c1-2-11(14(16)17)9-15-8-7-12-5-3-4-6-13(12)10-15/h3-6,11H,2,7-10H2,1H3,(H,16,17). The zero-order chi connectivity index (χ0) is 12.3. The fourth-order valence-corrected chi connectivity index (χ4v) is 2.40. The fourth-order valence-electron chi connectivity index (χ4n) is 2.40. The molecule has 17 heavy (non-hydrogen) atoms. The van der Waals surface area contributed by atoms with Gasteiger partial charge in [-0.25, -0.2) is 0 Å². The van der Waals surface area contributed by atoms with Crippen molar-refractivity contribution in [1.29, 1.82) is 0 Å². The normalized spacial score (nSPS) is 17.5. The molecule has 1 unspecified atom stereocenters. The first-order chi connectivity index (χ1) is 8.20. The summed E-state index contributed by atoms with van der Waals surface area (Å²) in [5.74, 6) is -0.911. The number of carboxylic acid groups (broad SMARTS) is 1. The van der Waals surface area contributed by atoms with Gasteiger partial charge in [-0.3, -0.25) is 9.69 Å². The summed E-state index contributed by atoms with van der Waals surface area (Å²) in [6.45, 7) is 4.47. The van der Waals surface area contributed by atoms with Crippen molar-refractivity contribution in [2.24, 2.45) is 5.92 Å². The van der Waals surface area contributed by atoms with E-state index in [-0.39, 0.29) is 5.92 Å². The van der Waals surface area contributed by atoms with Gasteiger partial charge in [0, 0.05) is 19.6 Å². The van der Waals surface area contributed by atoms with Crippen LogP contribution in [0.15, 0.2) is 24.3 Å². The van der Waals surface area contributed by atoms with Crippen LogP contribution in [0.4, 0.5) is 0 Å². The van der Waals surface area contributed by atoms with Crippen molar-refractivity contribution in [1.82, 2.24) is 4.90 Å². The van der Waals surface area contributed by atoms with E-state index in [1.54, 1.807) is 0 Å². The Balaban J connectivity index is 2.00. The van der Waals surface area contributed by atoms with E-state index in [2.05, 4.69) is 29.2 Å². The molecule has 0 saturated heterocycles. The van der Waals surface area contributed by atoms with Crippen LogP contribution in [-0.4, -0.2) is 29.1 Å². The molecule has 2 rings (SSSR count). The molecule has 0 saturated carbocycles. The summed E-state index contributed by atoms with van der Waals surface area (Å²) < 4.78 is 0. The highest BCUT2D eigenvalue weighted by Gasteiger charge is 2.22. The second-order valence-corrected chi connectivity index (χ2v) is 4.70. The minimum absolute atomic E-state index is 0.236. The second kappa shape index (κ2) is 5.32. The Bertz CT molecular complexity index is 403. The number of nitrogens with zero attached hydrogens (tertiary/aromatic N) is 1. The highest BCUT2D eigenvalue weighted by molar-refractivity contribution is 5.70. The van der Waals surface area contributed by atoms with Gasteiger partial charge in [0.2, 0.25) is 0 Å². The molecule has 1 aliphatic heterocycles. The summed E-state index contributed by atoms with van der Waals surface area (Å²) in [6.07, 6.45) is 1.74. The molecule has 0 amide bonds. The molecule has 0 radical (unpaired) electrons. The van der Waals surface area contributed by atoms with Crippen LogP contribution in [0.25, 0.3) is 0 Å². The van der Waals surface area contributed by atoms with Gasteiger partial charge in [-0.05, 0) is 24.0 Å². The Morgan fingerprint density at radius 3 is 2.76 bits per heavy atom. The Labute approximate surface area is 102 Å². The van der Waals surface area contributed by atoms with Crippen LogP contribution >= 0.6 is 0 Å². The quantitative estimate of drug-likeness (QED) is 0.866. The van der Waals surface area contributed by atoms with Crippen LogP contribution in [0.5, 0.6) is 0 Å². The van der Waals surface area contributed by atoms with E-state index in [0.717, 1.165) is 19.5 Å². The van der Waals surface area contributed by atoms with Crippen LogP contribution in [0, 0.1) is 5.92 Å². The van der Waals surface area contributed by atoms with Gasteiger partial charge in [-0.15, -0.1) is 0 Å². The van der Waals surface area contributed by atoms with Crippen LogP contribution in [0.3, 0.4) is 0 Å². The maximum atomic E-state index is 11.0. The van der Waals surface area contributed by atoms with Crippen molar-refractivity contribution in [3.63, 3.8) is 0 Å². The van der Waals surface area contributed by atoms with E-state index in [1.807, 2.05) is 6.92 Å². The van der Waals surface area contributed by atoms with E-state index in [0.29, 0.717) is 13.0 Å². The van der Waals surface area contributed by atoms with E-state index >= 15 is 0 Å². The van der Waals surface area contributed by atoms with Crippen molar-refractivity contribution in [3.8, 4) is 0 Å². The summed E-state index contributed by atoms with van der Waals surface area (Å²) in [5, 5.41) is 9.07. The summed E-state index contributed by atoms with van der Waals surface area (Å²) >= 11 is 0. The highest BCUT2D eigenvalue weighted by atomic mass is 16.4. The van der Waals surface area contributed by atoms with E-state index in [4.69, 9.17) is 5.11 Å². The highest BCUT2D eigenvalue weighted by Crippen LogP contribution is 2.19. The molecule has 0 spiro atoms. The SMILES string of the molecule is CCC(CN1CCc2ccccc2C1)C(=O)O. The number of benzene rings is 1. The summed E-state index contributed by atoms with van der Waals surface area (Å²) in [7, 11) is 0. The van der Waals surface area contributed by atoms with Crippen LogP contribution in [0.1, 0.15) is 24.5 Å². The van der Waals surface area contributed by atoms with Gasteiger partial charge in [-0.2, -0.15) is 0 Å². The third kappa shape index (κ3) is 2.86. The molecule has 1 heterocycles. The van der Waals surface area contributed by atoms with Crippen LogP contribution in [-0.2, 0) is 17.8 Å². The van der Waals surface area contributed by atoms with Gasteiger partial charge in [0.05, 0.1) is 5.92 Å². The Morgan fingerprint density at radius 2 is 2.12 bits per heavy atom. The minimum Gasteiger partial charge on any atom is -0.481 e. The summed E-state index contributed by atoms with van der Waals surface area (Å²) in [5.41, 5.74) is 2.76. The first-order valence-electron chi connectivity index (χ1n) is 6.22. The Morgan fingerprint density at radius 1 is 1.41 bits per heavy atom. The number of hydrogen-bond donors (Lipinski definition) is 1. The molecule has 1 N–H and O–H groups in total. The lowest BCUT2D eigenvalue weighted by Gasteiger charge is -2.30. The lowest BCUT2D eigenvalue weighted by atomic mass is 9.98. The fraction of sp³-hybridized carbons (Fsp3) is 0.500. The van der Waals surface area contributed by atoms with Gasteiger partial charge in [-0.1, -0.05) is 31.2 Å². The smallest absolute Gasteiger partial charge is 0.307 e. The van der Waals surface area contributed by atoms with Gasteiger partial charge in [0.25, 0.3) is 0 Å². The number of carboxylic acids is 1. The number of aliphatic carboxylic acids is 1. The average molecular weight is 233 g/mol. The molecule has 1 atom stereocenters. The van der Waals surface area contributed by atoms with Gasteiger partial charge >= 0.3 is 5.97 Å². The molecule has 0 fully saturated rings. The van der Waals surface area contributed by atoms with Crippen LogP contribution in [0.2, 0.25) is 0 Å². The van der Waals surface area contributed by atoms with Gasteiger partial charge < -0.3 is 5.11 Å². The Kier molecular flexibility index (Phi) is 3.79. The average Bonchev–Trinajstić information content (AvgIpc) is 2.35. The minimum atomic E-state index is -0.675. The molecule has 92 valence electrons. The first kappa shape index (κ1) is 12.1. The molecular formula is C14H19NO2. The topological polar surface area (TPSA) is 40.5 Å². The lowest BCUT2D eigenvalue weighted by molar-refractivity contribution is -0.142. The maximum absolute atomic E-state index is 11.0. The molecule has 0 aliphatic carbocycles. The molecule has 1 aromatic carbocycles.